The van der Waals surface area contributed by atoms with Crippen molar-refractivity contribution in [3.8, 4) is 5.75 Å². The number of benzene rings is 3. The molecule has 3 aromatic carbocycles. The van der Waals surface area contributed by atoms with Crippen LogP contribution in [0.1, 0.15) is 27.0 Å². The molecule has 0 aliphatic carbocycles. The SMILES string of the molecule is Cc1ccc(Cl)c(OCc2cccc(C(=O)N3CCN(Cc4ccc(F)cc4)CC3)c2)c1. The quantitative estimate of drug-likeness (QED) is 0.507. The number of ether oxygens (including phenoxy) is 1. The minimum Gasteiger partial charge on any atom is -0.487 e. The lowest BCUT2D eigenvalue weighted by Crippen LogP contribution is -2.48. The number of carbonyl (C=O) groups is 1. The first-order valence-corrected chi connectivity index (χ1v) is 11.1. The monoisotopic (exact) mass is 452 g/mol. The number of halogens is 2. The Hall–Kier alpha value is -2.89. The van der Waals surface area contributed by atoms with Crippen molar-refractivity contribution < 1.29 is 13.9 Å². The number of piperazine rings is 1. The van der Waals surface area contributed by atoms with E-state index in [0.29, 0.717) is 36.0 Å². The maximum atomic E-state index is 13.1. The molecule has 4 nitrogen and oxygen atoms in total. The normalized spacial score (nSPS) is 14.4. The van der Waals surface area contributed by atoms with Gasteiger partial charge in [-0.1, -0.05) is 41.9 Å². The highest BCUT2D eigenvalue weighted by Crippen LogP contribution is 2.26. The number of hydrogen-bond donors (Lipinski definition) is 0. The van der Waals surface area contributed by atoms with Crippen LogP contribution in [-0.2, 0) is 13.2 Å². The van der Waals surface area contributed by atoms with Gasteiger partial charge < -0.3 is 9.64 Å². The molecule has 0 spiro atoms. The molecule has 0 radical (unpaired) electrons. The number of carbonyl (C=O) groups excluding carboxylic acids is 1. The van der Waals surface area contributed by atoms with Gasteiger partial charge in [-0.25, -0.2) is 4.39 Å². The maximum Gasteiger partial charge on any atom is 0.253 e. The Morgan fingerprint density at radius 1 is 0.969 bits per heavy atom. The van der Waals surface area contributed by atoms with Crippen molar-refractivity contribution in [3.05, 3.63) is 99.8 Å². The number of amides is 1. The van der Waals surface area contributed by atoms with Gasteiger partial charge in [-0.05, 0) is 60.0 Å². The van der Waals surface area contributed by atoms with Gasteiger partial charge in [-0.3, -0.25) is 9.69 Å². The Morgan fingerprint density at radius 3 is 2.47 bits per heavy atom. The van der Waals surface area contributed by atoms with Crippen molar-refractivity contribution in [3.63, 3.8) is 0 Å². The van der Waals surface area contributed by atoms with Crippen molar-refractivity contribution in [2.24, 2.45) is 0 Å². The molecule has 166 valence electrons. The fourth-order valence-corrected chi connectivity index (χ4v) is 3.99. The fraction of sp³-hybridized carbons (Fsp3) is 0.269. The second kappa shape index (κ2) is 10.2. The first kappa shape index (κ1) is 22.3. The van der Waals surface area contributed by atoms with Crippen molar-refractivity contribution in [2.45, 2.75) is 20.1 Å². The molecule has 6 heteroatoms. The Kier molecular flexibility index (Phi) is 7.08. The lowest BCUT2D eigenvalue weighted by Gasteiger charge is -2.34. The van der Waals surface area contributed by atoms with E-state index < -0.39 is 0 Å². The molecule has 32 heavy (non-hydrogen) atoms. The molecule has 1 fully saturated rings. The highest BCUT2D eigenvalue weighted by atomic mass is 35.5. The molecular formula is C26H26ClFN2O2. The smallest absolute Gasteiger partial charge is 0.253 e. The molecule has 4 rings (SSSR count). The summed E-state index contributed by atoms with van der Waals surface area (Å²) in [6, 6.07) is 19.8. The first-order valence-electron chi connectivity index (χ1n) is 10.7. The molecule has 1 aliphatic heterocycles. The number of aryl methyl sites for hydroxylation is 1. The van der Waals surface area contributed by atoms with Gasteiger partial charge in [0.1, 0.15) is 18.2 Å². The Labute approximate surface area is 193 Å². The Bertz CT molecular complexity index is 1080. The second-order valence-electron chi connectivity index (χ2n) is 8.12. The van der Waals surface area contributed by atoms with Gasteiger partial charge in [0.05, 0.1) is 5.02 Å². The zero-order chi connectivity index (χ0) is 22.5. The zero-order valence-electron chi connectivity index (χ0n) is 18.1. The van der Waals surface area contributed by atoms with Gasteiger partial charge in [0.2, 0.25) is 0 Å². The lowest BCUT2D eigenvalue weighted by molar-refractivity contribution is 0.0628. The zero-order valence-corrected chi connectivity index (χ0v) is 18.8. The Balaban J connectivity index is 1.32. The molecule has 0 N–H and O–H groups in total. The summed E-state index contributed by atoms with van der Waals surface area (Å²) < 4.78 is 19.0. The van der Waals surface area contributed by atoms with Crippen molar-refractivity contribution in [1.29, 1.82) is 0 Å². The van der Waals surface area contributed by atoms with E-state index in [1.165, 1.54) is 12.1 Å². The number of nitrogens with zero attached hydrogens (tertiary/aromatic N) is 2. The predicted octanol–water partition coefficient (Wildman–Crippen LogP) is 5.32. The third-order valence-corrected chi connectivity index (χ3v) is 5.95. The average Bonchev–Trinajstić information content (AvgIpc) is 2.81. The van der Waals surface area contributed by atoms with Crippen LogP contribution in [0, 0.1) is 12.7 Å². The highest BCUT2D eigenvalue weighted by Gasteiger charge is 2.22. The third kappa shape index (κ3) is 5.67. The van der Waals surface area contributed by atoms with Gasteiger partial charge >= 0.3 is 0 Å². The summed E-state index contributed by atoms with van der Waals surface area (Å²) >= 11 is 6.21. The number of rotatable bonds is 6. The molecule has 0 bridgehead atoms. The molecule has 0 atom stereocenters. The van der Waals surface area contributed by atoms with Crippen molar-refractivity contribution >= 4 is 17.5 Å². The van der Waals surface area contributed by atoms with Crippen LogP contribution < -0.4 is 4.74 Å². The molecule has 0 aromatic heterocycles. The highest BCUT2D eigenvalue weighted by molar-refractivity contribution is 6.32. The molecule has 1 aliphatic rings. The van der Waals surface area contributed by atoms with Gasteiger partial charge in [-0.2, -0.15) is 0 Å². The van der Waals surface area contributed by atoms with Gasteiger partial charge in [0.25, 0.3) is 5.91 Å². The van der Waals surface area contributed by atoms with E-state index >= 15 is 0 Å². The van der Waals surface area contributed by atoms with Crippen LogP contribution in [-0.4, -0.2) is 41.9 Å². The average molecular weight is 453 g/mol. The molecule has 3 aromatic rings. The Morgan fingerprint density at radius 2 is 1.72 bits per heavy atom. The molecule has 0 unspecified atom stereocenters. The molecule has 1 saturated heterocycles. The minimum absolute atomic E-state index is 0.0295. The fourth-order valence-electron chi connectivity index (χ4n) is 3.82. The molecule has 1 amide bonds. The molecular weight excluding hydrogens is 427 g/mol. The predicted molar refractivity (Wildman–Crippen MR) is 125 cm³/mol. The van der Waals surface area contributed by atoms with Crippen molar-refractivity contribution in [2.75, 3.05) is 26.2 Å². The number of hydrogen-bond acceptors (Lipinski definition) is 3. The summed E-state index contributed by atoms with van der Waals surface area (Å²) in [6.07, 6.45) is 0. The van der Waals surface area contributed by atoms with Crippen LogP contribution in [0.3, 0.4) is 0 Å². The summed E-state index contributed by atoms with van der Waals surface area (Å²) in [5.41, 5.74) is 3.73. The minimum atomic E-state index is -0.223. The van der Waals surface area contributed by atoms with E-state index in [1.54, 1.807) is 0 Å². The van der Waals surface area contributed by atoms with E-state index in [1.807, 2.05) is 66.4 Å². The van der Waals surface area contributed by atoms with Crippen LogP contribution in [0.2, 0.25) is 5.02 Å². The van der Waals surface area contributed by atoms with Gasteiger partial charge in [0.15, 0.2) is 0 Å². The van der Waals surface area contributed by atoms with Crippen LogP contribution in [0.5, 0.6) is 5.75 Å². The summed E-state index contributed by atoms with van der Waals surface area (Å²) in [6.45, 7) is 6.00. The van der Waals surface area contributed by atoms with E-state index in [9.17, 15) is 9.18 Å². The van der Waals surface area contributed by atoms with E-state index in [0.717, 1.165) is 36.3 Å². The second-order valence-corrected chi connectivity index (χ2v) is 8.52. The standard InChI is InChI=1S/C26H26ClFN2O2/c1-19-5-10-24(27)25(15-19)32-18-21-3-2-4-22(16-21)26(31)30-13-11-29(12-14-30)17-20-6-8-23(28)9-7-20/h2-10,15-16H,11-14,17-18H2,1H3. The lowest BCUT2D eigenvalue weighted by atomic mass is 10.1. The summed E-state index contributed by atoms with van der Waals surface area (Å²) in [7, 11) is 0. The van der Waals surface area contributed by atoms with E-state index in [4.69, 9.17) is 16.3 Å². The van der Waals surface area contributed by atoms with Crippen LogP contribution in [0.15, 0.2) is 66.7 Å². The van der Waals surface area contributed by atoms with Gasteiger partial charge in [-0.15, -0.1) is 0 Å². The van der Waals surface area contributed by atoms with Crippen molar-refractivity contribution in [1.82, 2.24) is 9.80 Å². The summed E-state index contributed by atoms with van der Waals surface area (Å²) in [5, 5.41) is 0.571. The maximum absolute atomic E-state index is 13.1. The topological polar surface area (TPSA) is 32.8 Å². The summed E-state index contributed by atoms with van der Waals surface area (Å²) in [5.74, 6) is 0.446. The van der Waals surface area contributed by atoms with E-state index in [2.05, 4.69) is 4.90 Å². The van der Waals surface area contributed by atoms with Gasteiger partial charge in [0, 0.05) is 38.3 Å². The molecule has 1 heterocycles. The molecule has 0 saturated carbocycles. The largest absolute Gasteiger partial charge is 0.487 e. The van der Waals surface area contributed by atoms with E-state index in [-0.39, 0.29) is 11.7 Å². The van der Waals surface area contributed by atoms with Crippen LogP contribution in [0.25, 0.3) is 0 Å². The first-order chi connectivity index (χ1) is 15.5. The van der Waals surface area contributed by atoms with Crippen LogP contribution in [0.4, 0.5) is 4.39 Å². The third-order valence-electron chi connectivity index (χ3n) is 5.63. The van der Waals surface area contributed by atoms with Crippen LogP contribution >= 0.6 is 11.6 Å². The summed E-state index contributed by atoms with van der Waals surface area (Å²) in [4.78, 5) is 17.2.